The van der Waals surface area contributed by atoms with Crippen molar-refractivity contribution >= 4 is 0 Å². The van der Waals surface area contributed by atoms with Gasteiger partial charge in [0.1, 0.15) is 0 Å². The van der Waals surface area contributed by atoms with Crippen molar-refractivity contribution in [1.82, 2.24) is 0 Å². The molecule has 0 atom stereocenters. The molecule has 25 heavy (non-hydrogen) atoms. The fourth-order valence-electron chi connectivity index (χ4n) is 1.90. The Morgan fingerprint density at radius 3 is 2.28 bits per heavy atom. The Morgan fingerprint density at radius 1 is 1.12 bits per heavy atom. The Bertz CT molecular complexity index is 718. The number of hydrogen-bond donors (Lipinski definition) is 0. The predicted octanol–water partition coefficient (Wildman–Crippen LogP) is 6.78. The average molecular weight is 352 g/mol. The quantitative estimate of drug-likeness (QED) is 0.266. The van der Waals surface area contributed by atoms with Gasteiger partial charge in [-0.25, -0.2) is 4.39 Å². The summed E-state index contributed by atoms with van der Waals surface area (Å²) in [7, 11) is 0. The number of halogens is 4. The van der Waals surface area contributed by atoms with Gasteiger partial charge in [-0.05, 0) is 43.1 Å². The molecule has 0 N–H and O–H groups in total. The summed E-state index contributed by atoms with van der Waals surface area (Å²) in [4.78, 5) is 0. The smallest absolute Gasteiger partial charge is 0.426 e. The van der Waals surface area contributed by atoms with E-state index in [1.165, 1.54) is 11.6 Å². The topological polar surface area (TPSA) is 9.23 Å². The zero-order valence-electron chi connectivity index (χ0n) is 14.0. The first-order valence-corrected chi connectivity index (χ1v) is 7.45. The van der Waals surface area contributed by atoms with Crippen LogP contribution in [0.4, 0.5) is 17.6 Å². The molecule has 1 aliphatic rings. The second-order valence-corrected chi connectivity index (χ2v) is 5.50. The minimum absolute atomic E-state index is 0.523. The number of hydrogen-bond acceptors (Lipinski definition) is 1. The van der Waals surface area contributed by atoms with Crippen LogP contribution in [0.2, 0.25) is 0 Å². The van der Waals surface area contributed by atoms with E-state index in [9.17, 15) is 17.6 Å². The molecule has 1 rings (SSSR count). The number of alkyl halides is 2. The standard InChI is InChI=1S/C20H20F4O/c1-6-18(21)19(22)16(5)25-20(23,24)15(4)10-9-14(3)17-11-7-13(2)8-12-17/h6-7,9-11H,1,3-5,8,12H2,2H3/b10-9-,19-18-. The van der Waals surface area contributed by atoms with Crippen molar-refractivity contribution in [2.45, 2.75) is 25.9 Å². The summed E-state index contributed by atoms with van der Waals surface area (Å²) in [5.74, 6) is -4.24. The lowest BCUT2D eigenvalue weighted by Crippen LogP contribution is -2.22. The zero-order chi connectivity index (χ0) is 19.2. The molecule has 0 bridgehead atoms. The van der Waals surface area contributed by atoms with Crippen molar-refractivity contribution in [3.63, 3.8) is 0 Å². The largest absolute Gasteiger partial charge is 0.426 e. The predicted molar refractivity (Wildman–Crippen MR) is 93.1 cm³/mol. The van der Waals surface area contributed by atoms with E-state index in [1.54, 1.807) is 0 Å². The van der Waals surface area contributed by atoms with Gasteiger partial charge in [0, 0.05) is 0 Å². The molecular formula is C20H20F4O. The Labute approximate surface area is 145 Å². The third kappa shape index (κ3) is 5.78. The van der Waals surface area contributed by atoms with Crippen LogP contribution in [0.1, 0.15) is 19.8 Å². The van der Waals surface area contributed by atoms with Crippen molar-refractivity contribution in [3.8, 4) is 0 Å². The lowest BCUT2D eigenvalue weighted by molar-refractivity contribution is -0.178. The molecule has 0 saturated heterocycles. The van der Waals surface area contributed by atoms with E-state index in [0.717, 1.165) is 24.5 Å². The maximum atomic E-state index is 13.9. The lowest BCUT2D eigenvalue weighted by atomic mass is 9.94. The van der Waals surface area contributed by atoms with E-state index >= 15 is 0 Å². The van der Waals surface area contributed by atoms with Gasteiger partial charge in [0.2, 0.25) is 0 Å². The first-order chi connectivity index (χ1) is 11.6. The molecule has 0 saturated carbocycles. The SMILES string of the molecule is C=C/C(F)=C(/F)C(=C)OC(F)(F)C(=C)/C=C\C(=C)C1=CC=C(C)CC1. The Morgan fingerprint density at radius 2 is 1.76 bits per heavy atom. The highest BCUT2D eigenvalue weighted by Crippen LogP contribution is 2.32. The maximum absolute atomic E-state index is 13.9. The van der Waals surface area contributed by atoms with Gasteiger partial charge in [-0.3, -0.25) is 0 Å². The summed E-state index contributed by atoms with van der Waals surface area (Å²) in [6.45, 7) is 15.0. The van der Waals surface area contributed by atoms with Crippen LogP contribution >= 0.6 is 0 Å². The van der Waals surface area contributed by atoms with E-state index in [4.69, 9.17) is 0 Å². The van der Waals surface area contributed by atoms with E-state index in [0.29, 0.717) is 11.6 Å². The van der Waals surface area contributed by atoms with Crippen LogP contribution in [-0.2, 0) is 4.74 Å². The third-order valence-electron chi connectivity index (χ3n) is 3.51. The molecule has 0 spiro atoms. The molecule has 0 aromatic carbocycles. The third-order valence-corrected chi connectivity index (χ3v) is 3.51. The van der Waals surface area contributed by atoms with Gasteiger partial charge < -0.3 is 4.74 Å². The van der Waals surface area contributed by atoms with E-state index in [1.807, 2.05) is 19.1 Å². The number of rotatable bonds is 8. The van der Waals surface area contributed by atoms with Crippen LogP contribution in [0.15, 0.2) is 96.4 Å². The van der Waals surface area contributed by atoms with E-state index in [-0.39, 0.29) is 0 Å². The van der Waals surface area contributed by atoms with Crippen LogP contribution in [0.25, 0.3) is 0 Å². The molecule has 0 radical (unpaired) electrons. The monoisotopic (exact) mass is 352 g/mol. The minimum atomic E-state index is -3.95. The lowest BCUT2D eigenvalue weighted by Gasteiger charge is -2.19. The maximum Gasteiger partial charge on any atom is 0.426 e. The van der Waals surface area contributed by atoms with Gasteiger partial charge in [0.05, 0.1) is 5.57 Å². The molecule has 1 nitrogen and oxygen atoms in total. The molecule has 0 amide bonds. The van der Waals surface area contributed by atoms with Crippen molar-refractivity contribution in [2.75, 3.05) is 0 Å². The molecule has 0 aromatic rings. The molecular weight excluding hydrogens is 332 g/mol. The van der Waals surface area contributed by atoms with Gasteiger partial charge in [0.25, 0.3) is 0 Å². The summed E-state index contributed by atoms with van der Waals surface area (Å²) in [5, 5.41) is 0. The Balaban J connectivity index is 2.79. The van der Waals surface area contributed by atoms with Crippen molar-refractivity contribution in [3.05, 3.63) is 96.4 Å². The van der Waals surface area contributed by atoms with Crippen LogP contribution in [0.3, 0.4) is 0 Å². The number of allylic oxidation sites excluding steroid dienone is 9. The summed E-state index contributed by atoms with van der Waals surface area (Å²) < 4.78 is 58.3. The fourth-order valence-corrected chi connectivity index (χ4v) is 1.90. The summed E-state index contributed by atoms with van der Waals surface area (Å²) in [6.07, 6.45) is 4.42. The summed E-state index contributed by atoms with van der Waals surface area (Å²) >= 11 is 0. The molecule has 0 unspecified atom stereocenters. The van der Waals surface area contributed by atoms with Crippen LogP contribution in [0.5, 0.6) is 0 Å². The molecule has 0 heterocycles. The molecule has 5 heteroatoms. The number of ether oxygens (including phenoxy) is 1. The van der Waals surface area contributed by atoms with Crippen molar-refractivity contribution < 1.29 is 22.3 Å². The minimum Gasteiger partial charge on any atom is -0.426 e. The van der Waals surface area contributed by atoms with Crippen LogP contribution < -0.4 is 0 Å². The second kappa shape index (κ2) is 8.51. The van der Waals surface area contributed by atoms with Crippen molar-refractivity contribution in [1.29, 1.82) is 0 Å². The average Bonchev–Trinajstić information content (AvgIpc) is 2.57. The second-order valence-electron chi connectivity index (χ2n) is 5.50. The first-order valence-electron chi connectivity index (χ1n) is 7.45. The molecule has 1 aliphatic carbocycles. The van der Waals surface area contributed by atoms with Crippen molar-refractivity contribution in [2.24, 2.45) is 0 Å². The molecule has 0 aromatic heterocycles. The van der Waals surface area contributed by atoms with E-state index < -0.39 is 29.1 Å². The Kier molecular flexibility index (Phi) is 6.97. The first kappa shape index (κ1) is 20.5. The van der Waals surface area contributed by atoms with Crippen LogP contribution in [-0.4, -0.2) is 6.11 Å². The van der Waals surface area contributed by atoms with Crippen LogP contribution in [0, 0.1) is 0 Å². The van der Waals surface area contributed by atoms with Gasteiger partial charge in [-0.2, -0.15) is 13.2 Å². The fraction of sp³-hybridized carbons (Fsp3) is 0.200. The highest BCUT2D eigenvalue weighted by atomic mass is 19.3. The Hall–Kier alpha value is -2.56. The normalized spacial score (nSPS) is 15.9. The highest BCUT2D eigenvalue weighted by Gasteiger charge is 2.36. The highest BCUT2D eigenvalue weighted by molar-refractivity contribution is 5.44. The zero-order valence-corrected chi connectivity index (χ0v) is 14.0. The van der Waals surface area contributed by atoms with Gasteiger partial charge in [0.15, 0.2) is 17.4 Å². The van der Waals surface area contributed by atoms with Gasteiger partial charge in [-0.15, -0.1) is 0 Å². The summed E-state index contributed by atoms with van der Waals surface area (Å²) in [6, 6.07) is 0. The van der Waals surface area contributed by atoms with Gasteiger partial charge in [-0.1, -0.05) is 50.1 Å². The van der Waals surface area contributed by atoms with Gasteiger partial charge >= 0.3 is 6.11 Å². The molecule has 0 aliphatic heterocycles. The van der Waals surface area contributed by atoms with E-state index in [2.05, 4.69) is 31.1 Å². The summed E-state index contributed by atoms with van der Waals surface area (Å²) in [5.41, 5.74) is 1.96. The molecule has 134 valence electrons. The molecule has 0 fully saturated rings.